The zero-order valence-electron chi connectivity index (χ0n) is 13.2. The molecule has 2 rings (SSSR count). The topological polar surface area (TPSA) is 42.3 Å². The summed E-state index contributed by atoms with van der Waals surface area (Å²) >= 11 is 0. The van der Waals surface area contributed by atoms with Gasteiger partial charge in [0.2, 0.25) is 0 Å². The van der Waals surface area contributed by atoms with Gasteiger partial charge in [-0.05, 0) is 39.8 Å². The summed E-state index contributed by atoms with van der Waals surface area (Å²) in [7, 11) is 4.03. The van der Waals surface area contributed by atoms with Crippen LogP contribution in [0.5, 0.6) is 0 Å². The Balaban J connectivity index is 1.89. The lowest BCUT2D eigenvalue weighted by Gasteiger charge is -2.39. The first-order valence-corrected chi connectivity index (χ1v) is 7.61. The zero-order valence-corrected chi connectivity index (χ0v) is 13.2. The molecule has 1 fully saturated rings. The first kappa shape index (κ1) is 15.5. The van der Waals surface area contributed by atoms with Crippen molar-refractivity contribution in [2.75, 3.05) is 26.7 Å². The Bertz CT molecular complexity index is 404. The Morgan fingerprint density at radius 2 is 2.30 bits per heavy atom. The lowest BCUT2D eigenvalue weighted by Crippen LogP contribution is -2.53. The Labute approximate surface area is 122 Å². The molecule has 5 nitrogen and oxygen atoms in total. The maximum absolute atomic E-state index is 5.98. The fraction of sp³-hybridized carbons (Fsp3) is 0.800. The Morgan fingerprint density at radius 3 is 2.90 bits per heavy atom. The van der Waals surface area contributed by atoms with Crippen molar-refractivity contribution in [3.63, 3.8) is 0 Å². The summed E-state index contributed by atoms with van der Waals surface area (Å²) < 4.78 is 7.94. The van der Waals surface area contributed by atoms with E-state index >= 15 is 0 Å². The Hall–Kier alpha value is -0.910. The van der Waals surface area contributed by atoms with E-state index in [-0.39, 0.29) is 6.10 Å². The number of hydrogen-bond acceptors (Lipinski definition) is 4. The third-order valence-electron chi connectivity index (χ3n) is 4.31. The van der Waals surface area contributed by atoms with Gasteiger partial charge in [-0.25, -0.2) is 0 Å². The minimum atomic E-state index is 0.282. The van der Waals surface area contributed by atoms with Gasteiger partial charge in [-0.3, -0.25) is 9.58 Å². The predicted molar refractivity (Wildman–Crippen MR) is 80.8 cm³/mol. The molecule has 0 aromatic carbocycles. The molecule has 0 amide bonds. The van der Waals surface area contributed by atoms with Gasteiger partial charge in [-0.1, -0.05) is 0 Å². The van der Waals surface area contributed by atoms with Gasteiger partial charge in [-0.2, -0.15) is 5.10 Å². The molecule has 0 bridgehead atoms. The van der Waals surface area contributed by atoms with Crippen molar-refractivity contribution >= 4 is 0 Å². The minimum Gasteiger partial charge on any atom is -0.374 e. The lowest BCUT2D eigenvalue weighted by molar-refractivity contribution is -0.0554. The van der Waals surface area contributed by atoms with Crippen molar-refractivity contribution in [3.8, 4) is 0 Å². The maximum atomic E-state index is 5.98. The largest absolute Gasteiger partial charge is 0.374 e. The number of nitrogens with zero attached hydrogens (tertiary/aromatic N) is 3. The summed E-state index contributed by atoms with van der Waals surface area (Å²) in [5.41, 5.74) is 1.28. The molecule has 1 aliphatic rings. The van der Waals surface area contributed by atoms with Crippen LogP contribution in [0.15, 0.2) is 12.3 Å². The van der Waals surface area contributed by atoms with Gasteiger partial charge in [0, 0.05) is 44.1 Å². The summed E-state index contributed by atoms with van der Waals surface area (Å²) in [4.78, 5) is 2.50. The number of aryl methyl sites for hydroxylation is 2. The second kappa shape index (κ2) is 7.20. The lowest BCUT2D eigenvalue weighted by atomic mass is 10.0. The molecule has 20 heavy (non-hydrogen) atoms. The molecule has 1 saturated heterocycles. The van der Waals surface area contributed by atoms with E-state index < -0.39 is 0 Å². The fourth-order valence-corrected chi connectivity index (χ4v) is 2.87. The number of morpholine rings is 1. The van der Waals surface area contributed by atoms with Crippen molar-refractivity contribution in [1.82, 2.24) is 20.0 Å². The molecule has 5 heteroatoms. The number of rotatable bonds is 6. The van der Waals surface area contributed by atoms with Gasteiger partial charge in [-0.15, -0.1) is 0 Å². The molecular weight excluding hydrogens is 252 g/mol. The van der Waals surface area contributed by atoms with E-state index in [0.717, 1.165) is 32.5 Å². The van der Waals surface area contributed by atoms with Gasteiger partial charge in [0.15, 0.2) is 0 Å². The summed E-state index contributed by atoms with van der Waals surface area (Å²) in [6.07, 6.45) is 4.25. The summed E-state index contributed by atoms with van der Waals surface area (Å²) in [5.74, 6) is 0. The standard InChI is InChI=1S/C15H28N4O/c1-12(2)19-9-10-20-15(11-19)14(16-3)6-5-13-7-8-17-18(13)4/h7-8,12,14-16H,5-6,9-11H2,1-4H3. The highest BCUT2D eigenvalue weighted by Crippen LogP contribution is 2.15. The van der Waals surface area contributed by atoms with Gasteiger partial charge < -0.3 is 10.1 Å². The minimum absolute atomic E-state index is 0.282. The van der Waals surface area contributed by atoms with E-state index in [2.05, 4.69) is 35.2 Å². The molecular formula is C15H28N4O. The number of likely N-dealkylation sites (N-methyl/N-ethyl adjacent to an activating group) is 1. The first-order valence-electron chi connectivity index (χ1n) is 7.61. The third kappa shape index (κ3) is 3.81. The molecule has 2 heterocycles. The number of aromatic nitrogens is 2. The number of ether oxygens (including phenoxy) is 1. The quantitative estimate of drug-likeness (QED) is 0.846. The van der Waals surface area contributed by atoms with Crippen molar-refractivity contribution in [1.29, 1.82) is 0 Å². The van der Waals surface area contributed by atoms with Gasteiger partial charge >= 0.3 is 0 Å². The second-order valence-corrected chi connectivity index (χ2v) is 5.88. The molecule has 0 saturated carbocycles. The van der Waals surface area contributed by atoms with E-state index in [0.29, 0.717) is 12.1 Å². The van der Waals surface area contributed by atoms with Gasteiger partial charge in [0.25, 0.3) is 0 Å². The molecule has 1 aromatic rings. The number of nitrogens with one attached hydrogen (secondary N) is 1. The van der Waals surface area contributed by atoms with E-state index in [9.17, 15) is 0 Å². The zero-order chi connectivity index (χ0) is 14.5. The van der Waals surface area contributed by atoms with Crippen LogP contribution in [0.3, 0.4) is 0 Å². The van der Waals surface area contributed by atoms with Crippen LogP contribution < -0.4 is 5.32 Å². The predicted octanol–water partition coefficient (Wildman–Crippen LogP) is 1.05. The highest BCUT2D eigenvalue weighted by atomic mass is 16.5. The molecule has 1 aliphatic heterocycles. The Kier molecular flexibility index (Phi) is 5.57. The SMILES string of the molecule is CNC(CCc1ccnn1C)C1CN(C(C)C)CCO1. The first-order chi connectivity index (χ1) is 9.61. The van der Waals surface area contributed by atoms with E-state index in [4.69, 9.17) is 4.74 Å². The highest BCUT2D eigenvalue weighted by molar-refractivity contribution is 5.01. The maximum Gasteiger partial charge on any atom is 0.0855 e. The molecule has 0 aliphatic carbocycles. The smallest absolute Gasteiger partial charge is 0.0855 e. The van der Waals surface area contributed by atoms with Crippen LogP contribution in [0.2, 0.25) is 0 Å². The fourth-order valence-electron chi connectivity index (χ4n) is 2.87. The van der Waals surface area contributed by atoms with Crippen LogP contribution in [0, 0.1) is 0 Å². The monoisotopic (exact) mass is 280 g/mol. The molecule has 114 valence electrons. The average Bonchev–Trinajstić information content (AvgIpc) is 2.85. The van der Waals surface area contributed by atoms with Crippen LogP contribution in [0.1, 0.15) is 26.0 Å². The van der Waals surface area contributed by atoms with Crippen molar-refractivity contribution < 1.29 is 4.74 Å². The second-order valence-electron chi connectivity index (χ2n) is 5.88. The van der Waals surface area contributed by atoms with E-state index in [1.165, 1.54) is 5.69 Å². The van der Waals surface area contributed by atoms with Gasteiger partial charge in [0.1, 0.15) is 0 Å². The highest BCUT2D eigenvalue weighted by Gasteiger charge is 2.28. The molecule has 2 atom stereocenters. The van der Waals surface area contributed by atoms with Crippen LogP contribution in [-0.2, 0) is 18.2 Å². The normalized spacial score (nSPS) is 22.4. The van der Waals surface area contributed by atoms with Crippen LogP contribution in [-0.4, -0.2) is 59.6 Å². The van der Waals surface area contributed by atoms with E-state index in [1.807, 2.05) is 25.0 Å². The third-order valence-corrected chi connectivity index (χ3v) is 4.31. The molecule has 0 radical (unpaired) electrons. The van der Waals surface area contributed by atoms with Crippen LogP contribution >= 0.6 is 0 Å². The van der Waals surface area contributed by atoms with Crippen molar-refractivity contribution in [2.45, 2.75) is 44.9 Å². The Morgan fingerprint density at radius 1 is 1.50 bits per heavy atom. The molecule has 1 aromatic heterocycles. The number of hydrogen-bond donors (Lipinski definition) is 1. The molecule has 2 unspecified atom stereocenters. The summed E-state index contributed by atoms with van der Waals surface area (Å²) in [5, 5.41) is 7.66. The van der Waals surface area contributed by atoms with Crippen molar-refractivity contribution in [3.05, 3.63) is 18.0 Å². The van der Waals surface area contributed by atoms with Crippen molar-refractivity contribution in [2.24, 2.45) is 7.05 Å². The average molecular weight is 280 g/mol. The van der Waals surface area contributed by atoms with E-state index in [1.54, 1.807) is 0 Å². The van der Waals surface area contributed by atoms with Gasteiger partial charge in [0.05, 0.1) is 12.7 Å². The molecule has 1 N–H and O–H groups in total. The van der Waals surface area contributed by atoms with Crippen LogP contribution in [0.4, 0.5) is 0 Å². The summed E-state index contributed by atoms with van der Waals surface area (Å²) in [6, 6.07) is 3.08. The molecule has 0 spiro atoms. The van der Waals surface area contributed by atoms with Crippen LogP contribution in [0.25, 0.3) is 0 Å². The summed E-state index contributed by atoms with van der Waals surface area (Å²) in [6.45, 7) is 7.42.